The molecule has 1 fully saturated rings. The Balaban J connectivity index is 1.70. The van der Waals surface area contributed by atoms with Gasteiger partial charge in [0.1, 0.15) is 5.01 Å². The first-order chi connectivity index (χ1) is 10.5. The highest BCUT2D eigenvalue weighted by Crippen LogP contribution is 2.28. The van der Waals surface area contributed by atoms with Crippen LogP contribution in [0.1, 0.15) is 11.4 Å². The molecule has 114 valence electrons. The van der Waals surface area contributed by atoms with Gasteiger partial charge in [0.05, 0.1) is 5.92 Å². The van der Waals surface area contributed by atoms with E-state index in [1.807, 2.05) is 6.92 Å². The molecule has 3 rings (SSSR count). The van der Waals surface area contributed by atoms with Gasteiger partial charge in [-0.2, -0.15) is 0 Å². The highest BCUT2D eigenvalue weighted by atomic mass is 35.5. The Morgan fingerprint density at radius 3 is 2.95 bits per heavy atom. The van der Waals surface area contributed by atoms with Crippen molar-refractivity contribution < 1.29 is 9.59 Å². The summed E-state index contributed by atoms with van der Waals surface area (Å²) in [5.41, 5.74) is 0.708. The first-order valence-corrected chi connectivity index (χ1v) is 7.89. The third kappa shape index (κ3) is 3.10. The van der Waals surface area contributed by atoms with Gasteiger partial charge in [0, 0.05) is 23.7 Å². The lowest BCUT2D eigenvalue weighted by atomic mass is 10.1. The molecule has 22 heavy (non-hydrogen) atoms. The summed E-state index contributed by atoms with van der Waals surface area (Å²) in [6.45, 7) is 2.15. The molecule has 8 heteroatoms. The van der Waals surface area contributed by atoms with Gasteiger partial charge >= 0.3 is 0 Å². The molecule has 1 N–H and O–H groups in total. The number of benzene rings is 1. The predicted octanol–water partition coefficient (Wildman–Crippen LogP) is 2.49. The van der Waals surface area contributed by atoms with Crippen LogP contribution < -0.4 is 10.2 Å². The van der Waals surface area contributed by atoms with E-state index in [4.69, 9.17) is 11.6 Å². The van der Waals surface area contributed by atoms with Crippen molar-refractivity contribution in [3.63, 3.8) is 0 Å². The Hall–Kier alpha value is -1.99. The highest BCUT2D eigenvalue weighted by molar-refractivity contribution is 7.15. The SMILES string of the molecule is Cc1nnc(NC(=O)[C@@H]2CC(=O)N(c3cccc(Cl)c3)C2)s1. The summed E-state index contributed by atoms with van der Waals surface area (Å²) in [7, 11) is 0. The maximum atomic E-state index is 12.2. The zero-order valence-electron chi connectivity index (χ0n) is 11.7. The summed E-state index contributed by atoms with van der Waals surface area (Å²) >= 11 is 7.25. The molecule has 6 nitrogen and oxygen atoms in total. The molecule has 1 saturated heterocycles. The summed E-state index contributed by atoms with van der Waals surface area (Å²) in [6, 6.07) is 7.04. The van der Waals surface area contributed by atoms with Gasteiger partial charge in [-0.15, -0.1) is 10.2 Å². The van der Waals surface area contributed by atoms with Gasteiger partial charge in [0.25, 0.3) is 0 Å². The molecule has 1 aliphatic heterocycles. The zero-order valence-corrected chi connectivity index (χ0v) is 13.3. The minimum Gasteiger partial charge on any atom is -0.312 e. The Kier molecular flexibility index (Phi) is 4.08. The van der Waals surface area contributed by atoms with Gasteiger partial charge in [-0.1, -0.05) is 29.0 Å². The molecule has 0 aliphatic carbocycles. The molecule has 1 atom stereocenters. The van der Waals surface area contributed by atoms with Crippen LogP contribution in [-0.2, 0) is 9.59 Å². The van der Waals surface area contributed by atoms with Crippen molar-refractivity contribution in [2.75, 3.05) is 16.8 Å². The van der Waals surface area contributed by atoms with Gasteiger partial charge in [-0.25, -0.2) is 0 Å². The van der Waals surface area contributed by atoms with Crippen LogP contribution in [0, 0.1) is 12.8 Å². The zero-order chi connectivity index (χ0) is 15.7. The molecule has 1 aliphatic rings. The van der Waals surface area contributed by atoms with Crippen LogP contribution in [0.5, 0.6) is 0 Å². The lowest BCUT2D eigenvalue weighted by Crippen LogP contribution is -2.28. The van der Waals surface area contributed by atoms with Crippen molar-refractivity contribution >= 4 is 45.6 Å². The van der Waals surface area contributed by atoms with E-state index in [9.17, 15) is 9.59 Å². The smallest absolute Gasteiger partial charge is 0.231 e. The number of carbonyl (C=O) groups is 2. The van der Waals surface area contributed by atoms with E-state index >= 15 is 0 Å². The number of aromatic nitrogens is 2. The minimum absolute atomic E-state index is 0.0872. The second-order valence-corrected chi connectivity index (χ2v) is 6.62. The molecular formula is C14H13ClN4O2S. The van der Waals surface area contributed by atoms with Crippen LogP contribution in [0.25, 0.3) is 0 Å². The second-order valence-electron chi connectivity index (χ2n) is 5.00. The van der Waals surface area contributed by atoms with Crippen molar-refractivity contribution in [3.05, 3.63) is 34.3 Å². The van der Waals surface area contributed by atoms with E-state index in [0.717, 1.165) is 5.01 Å². The standard InChI is InChI=1S/C14H13ClN4O2S/c1-8-17-18-14(22-8)16-13(21)9-5-12(20)19(7-9)11-4-2-3-10(15)6-11/h2-4,6,9H,5,7H2,1H3,(H,16,18,21)/t9-/m1/s1. The monoisotopic (exact) mass is 336 g/mol. The average Bonchev–Trinajstić information content (AvgIpc) is 3.05. The van der Waals surface area contributed by atoms with Crippen molar-refractivity contribution in [1.82, 2.24) is 10.2 Å². The first kappa shape index (κ1) is 14.9. The van der Waals surface area contributed by atoms with Gasteiger partial charge in [0.2, 0.25) is 16.9 Å². The van der Waals surface area contributed by atoms with E-state index in [1.165, 1.54) is 11.3 Å². The van der Waals surface area contributed by atoms with Crippen molar-refractivity contribution in [1.29, 1.82) is 0 Å². The molecule has 2 amide bonds. The molecular weight excluding hydrogens is 324 g/mol. The van der Waals surface area contributed by atoms with E-state index in [-0.39, 0.29) is 18.2 Å². The van der Waals surface area contributed by atoms with Crippen molar-refractivity contribution in [2.45, 2.75) is 13.3 Å². The van der Waals surface area contributed by atoms with Crippen molar-refractivity contribution in [3.8, 4) is 0 Å². The first-order valence-electron chi connectivity index (χ1n) is 6.70. The number of nitrogens with zero attached hydrogens (tertiary/aromatic N) is 3. The van der Waals surface area contributed by atoms with Crippen LogP contribution in [0.4, 0.5) is 10.8 Å². The fourth-order valence-corrected chi connectivity index (χ4v) is 3.11. The molecule has 0 spiro atoms. The topological polar surface area (TPSA) is 75.2 Å². The minimum atomic E-state index is -0.407. The normalized spacial score (nSPS) is 17.8. The number of rotatable bonds is 3. The summed E-state index contributed by atoms with van der Waals surface area (Å²) in [6.07, 6.45) is 0.177. The molecule has 0 unspecified atom stereocenters. The Morgan fingerprint density at radius 2 is 2.27 bits per heavy atom. The number of aryl methyl sites for hydroxylation is 1. The fraction of sp³-hybridized carbons (Fsp3) is 0.286. The lowest BCUT2D eigenvalue weighted by Gasteiger charge is -2.16. The number of anilines is 2. The number of carbonyl (C=O) groups excluding carboxylic acids is 2. The number of hydrogen-bond donors (Lipinski definition) is 1. The fourth-order valence-electron chi connectivity index (χ4n) is 2.33. The second kappa shape index (κ2) is 6.02. The molecule has 1 aromatic heterocycles. The Morgan fingerprint density at radius 1 is 1.45 bits per heavy atom. The third-order valence-electron chi connectivity index (χ3n) is 3.37. The number of hydrogen-bond acceptors (Lipinski definition) is 5. The predicted molar refractivity (Wildman–Crippen MR) is 85.2 cm³/mol. The van der Waals surface area contributed by atoms with E-state index < -0.39 is 5.92 Å². The van der Waals surface area contributed by atoms with Gasteiger partial charge in [0.15, 0.2) is 0 Å². The quantitative estimate of drug-likeness (QED) is 0.934. The summed E-state index contributed by atoms with van der Waals surface area (Å²) < 4.78 is 0. The number of amides is 2. The van der Waals surface area contributed by atoms with Gasteiger partial charge < -0.3 is 10.2 Å². The van der Waals surface area contributed by atoms with Crippen LogP contribution in [-0.4, -0.2) is 28.6 Å². The van der Waals surface area contributed by atoms with E-state index in [0.29, 0.717) is 22.4 Å². The maximum Gasteiger partial charge on any atom is 0.231 e. The largest absolute Gasteiger partial charge is 0.312 e. The van der Waals surface area contributed by atoms with E-state index in [2.05, 4.69) is 15.5 Å². The maximum absolute atomic E-state index is 12.2. The Bertz CT molecular complexity index is 733. The summed E-state index contributed by atoms with van der Waals surface area (Å²) in [4.78, 5) is 26.0. The average molecular weight is 337 g/mol. The van der Waals surface area contributed by atoms with Crippen LogP contribution >= 0.6 is 22.9 Å². The summed E-state index contributed by atoms with van der Waals surface area (Å²) in [5, 5.41) is 12.2. The molecule has 1 aromatic carbocycles. The summed E-state index contributed by atoms with van der Waals surface area (Å²) in [5.74, 6) is -0.708. The van der Waals surface area contributed by atoms with Gasteiger partial charge in [-0.3, -0.25) is 9.59 Å². The number of nitrogens with one attached hydrogen (secondary N) is 1. The van der Waals surface area contributed by atoms with E-state index in [1.54, 1.807) is 29.2 Å². The Labute approximate surface area is 136 Å². The lowest BCUT2D eigenvalue weighted by molar-refractivity contribution is -0.122. The van der Waals surface area contributed by atoms with Crippen LogP contribution in [0.15, 0.2) is 24.3 Å². The highest BCUT2D eigenvalue weighted by Gasteiger charge is 2.35. The molecule has 0 radical (unpaired) electrons. The number of halogens is 1. The van der Waals surface area contributed by atoms with Crippen LogP contribution in [0.2, 0.25) is 5.02 Å². The molecule has 0 bridgehead atoms. The molecule has 2 aromatic rings. The van der Waals surface area contributed by atoms with Crippen LogP contribution in [0.3, 0.4) is 0 Å². The third-order valence-corrected chi connectivity index (χ3v) is 4.36. The van der Waals surface area contributed by atoms with Gasteiger partial charge in [-0.05, 0) is 25.1 Å². The molecule has 2 heterocycles. The molecule has 0 saturated carbocycles. The van der Waals surface area contributed by atoms with Crippen molar-refractivity contribution in [2.24, 2.45) is 5.92 Å².